The average molecular weight is 421 g/mol. The molecule has 0 aliphatic carbocycles. The molecule has 2 aromatic heterocycles. The maximum absolute atomic E-state index is 14.3. The summed E-state index contributed by atoms with van der Waals surface area (Å²) < 4.78 is 28.9. The predicted octanol–water partition coefficient (Wildman–Crippen LogP) is 3.68. The minimum Gasteiger partial charge on any atom is -0.322 e. The van der Waals surface area contributed by atoms with Crippen LogP contribution < -0.4 is 10.9 Å². The number of carbonyl (C=O) groups excluding carboxylic acids is 1. The van der Waals surface area contributed by atoms with Crippen LogP contribution in [0.15, 0.2) is 59.5 Å². The molecule has 0 spiro atoms. The summed E-state index contributed by atoms with van der Waals surface area (Å²) in [7, 11) is 1.60. The molecule has 0 fully saturated rings. The molecule has 0 unspecified atom stereocenters. The summed E-state index contributed by atoms with van der Waals surface area (Å²) in [5.41, 5.74) is 1.57. The maximum atomic E-state index is 14.3. The van der Waals surface area contributed by atoms with E-state index in [0.29, 0.717) is 22.8 Å². The Hall–Kier alpha value is -4.14. The fourth-order valence-corrected chi connectivity index (χ4v) is 3.19. The number of aryl methyl sites for hydroxylation is 2. The van der Waals surface area contributed by atoms with Crippen LogP contribution in [0.2, 0.25) is 0 Å². The molecular weight excluding hydrogens is 404 g/mol. The third kappa shape index (κ3) is 4.25. The van der Waals surface area contributed by atoms with Crippen LogP contribution in [0.3, 0.4) is 0 Å². The van der Waals surface area contributed by atoms with Gasteiger partial charge in [-0.2, -0.15) is 5.10 Å². The molecule has 0 saturated carbocycles. The Morgan fingerprint density at radius 3 is 2.68 bits per heavy atom. The summed E-state index contributed by atoms with van der Waals surface area (Å²) in [6.45, 7) is 1.71. The molecule has 0 atom stereocenters. The average Bonchev–Trinajstić information content (AvgIpc) is 3.09. The second kappa shape index (κ2) is 7.94. The van der Waals surface area contributed by atoms with E-state index < -0.39 is 17.5 Å². The highest BCUT2D eigenvalue weighted by Gasteiger charge is 2.20. The Balaban J connectivity index is 1.66. The number of aromatic amines is 1. The quantitative estimate of drug-likeness (QED) is 0.526. The first-order chi connectivity index (χ1) is 14.8. The number of hydrogen-bond acceptors (Lipinski definition) is 4. The number of carbonyl (C=O) groups is 1. The molecule has 0 bridgehead atoms. The lowest BCUT2D eigenvalue weighted by Gasteiger charge is -2.08. The van der Waals surface area contributed by atoms with Gasteiger partial charge in [-0.15, -0.1) is 0 Å². The first-order valence-electron chi connectivity index (χ1n) is 9.29. The van der Waals surface area contributed by atoms with Crippen molar-refractivity contribution in [2.24, 2.45) is 7.05 Å². The van der Waals surface area contributed by atoms with Crippen molar-refractivity contribution >= 4 is 11.6 Å². The molecule has 2 heterocycles. The Bertz CT molecular complexity index is 1360. The molecule has 4 rings (SSSR count). The zero-order valence-electron chi connectivity index (χ0n) is 16.6. The van der Waals surface area contributed by atoms with Gasteiger partial charge in [0.25, 0.3) is 11.5 Å². The molecule has 156 valence electrons. The highest BCUT2D eigenvalue weighted by Crippen LogP contribution is 2.27. The topological polar surface area (TPSA) is 92.7 Å². The van der Waals surface area contributed by atoms with Crippen LogP contribution in [0.1, 0.15) is 16.1 Å². The van der Waals surface area contributed by atoms with Gasteiger partial charge in [0.1, 0.15) is 23.2 Å². The van der Waals surface area contributed by atoms with E-state index in [2.05, 4.69) is 20.4 Å². The number of hydrogen-bond donors (Lipinski definition) is 2. The van der Waals surface area contributed by atoms with Crippen molar-refractivity contribution < 1.29 is 13.6 Å². The van der Waals surface area contributed by atoms with Crippen LogP contribution in [0.4, 0.5) is 14.5 Å². The maximum Gasteiger partial charge on any atom is 0.259 e. The molecule has 0 aliphatic rings. The van der Waals surface area contributed by atoms with Gasteiger partial charge in [0.15, 0.2) is 0 Å². The van der Waals surface area contributed by atoms with E-state index in [-0.39, 0.29) is 22.4 Å². The minimum absolute atomic E-state index is 0.0161. The van der Waals surface area contributed by atoms with Crippen molar-refractivity contribution in [2.45, 2.75) is 6.92 Å². The van der Waals surface area contributed by atoms with E-state index in [1.165, 1.54) is 23.0 Å². The van der Waals surface area contributed by atoms with Gasteiger partial charge in [-0.05, 0) is 31.2 Å². The molecule has 31 heavy (non-hydrogen) atoms. The summed E-state index contributed by atoms with van der Waals surface area (Å²) in [5, 5.41) is 6.91. The normalized spacial score (nSPS) is 10.8. The summed E-state index contributed by atoms with van der Waals surface area (Å²) >= 11 is 0. The number of aromatic nitrogens is 4. The van der Waals surface area contributed by atoms with Gasteiger partial charge in [-0.3, -0.25) is 14.3 Å². The van der Waals surface area contributed by atoms with Crippen molar-refractivity contribution in [3.8, 4) is 22.6 Å². The van der Waals surface area contributed by atoms with E-state index >= 15 is 0 Å². The van der Waals surface area contributed by atoms with E-state index in [4.69, 9.17) is 0 Å². The number of benzene rings is 2. The fourth-order valence-electron chi connectivity index (χ4n) is 3.19. The molecule has 2 aromatic carbocycles. The van der Waals surface area contributed by atoms with Crippen molar-refractivity contribution in [3.63, 3.8) is 0 Å². The van der Waals surface area contributed by atoms with Gasteiger partial charge in [-0.1, -0.05) is 12.1 Å². The summed E-state index contributed by atoms with van der Waals surface area (Å²) in [6, 6.07) is 11.2. The third-order valence-corrected chi connectivity index (χ3v) is 4.52. The summed E-state index contributed by atoms with van der Waals surface area (Å²) in [6.07, 6.45) is 1.46. The fraction of sp³-hybridized carbons (Fsp3) is 0.0909. The molecular formula is C22H17F2N5O2. The van der Waals surface area contributed by atoms with Crippen LogP contribution in [0.25, 0.3) is 22.6 Å². The van der Waals surface area contributed by atoms with Gasteiger partial charge in [0.2, 0.25) is 0 Å². The number of anilines is 1. The smallest absolute Gasteiger partial charge is 0.259 e. The highest BCUT2D eigenvalue weighted by molar-refractivity contribution is 6.08. The number of nitrogens with one attached hydrogen (secondary N) is 2. The lowest BCUT2D eigenvalue weighted by atomic mass is 10.1. The van der Waals surface area contributed by atoms with Gasteiger partial charge in [0.05, 0.1) is 5.56 Å². The SMILES string of the molecule is Cc1cc(=O)[nH]c(-c2cccc(NC(=O)c3cn(C)nc3-c3ccc(F)cc3F)c2)n1. The van der Waals surface area contributed by atoms with Gasteiger partial charge in [-0.25, -0.2) is 13.8 Å². The van der Waals surface area contributed by atoms with Crippen LogP contribution in [0.5, 0.6) is 0 Å². The van der Waals surface area contributed by atoms with E-state index in [0.717, 1.165) is 12.1 Å². The van der Waals surface area contributed by atoms with E-state index in [1.807, 2.05) is 0 Å². The monoisotopic (exact) mass is 421 g/mol. The molecule has 1 amide bonds. The second-order valence-electron chi connectivity index (χ2n) is 6.96. The predicted molar refractivity (Wildman–Crippen MR) is 112 cm³/mol. The van der Waals surface area contributed by atoms with Gasteiger partial charge in [0, 0.05) is 47.9 Å². The molecule has 7 nitrogen and oxygen atoms in total. The molecule has 0 saturated heterocycles. The van der Waals surface area contributed by atoms with Gasteiger partial charge < -0.3 is 10.3 Å². The summed E-state index contributed by atoms with van der Waals surface area (Å²) in [5.74, 6) is -1.68. The van der Waals surface area contributed by atoms with Crippen LogP contribution in [0, 0.1) is 18.6 Å². The van der Waals surface area contributed by atoms with Crippen molar-refractivity contribution in [2.75, 3.05) is 5.32 Å². The zero-order chi connectivity index (χ0) is 22.1. The molecule has 4 aromatic rings. The van der Waals surface area contributed by atoms with E-state index in [9.17, 15) is 18.4 Å². The Kier molecular flexibility index (Phi) is 5.16. The third-order valence-electron chi connectivity index (χ3n) is 4.52. The van der Waals surface area contributed by atoms with E-state index in [1.54, 1.807) is 38.2 Å². The Morgan fingerprint density at radius 1 is 1.13 bits per heavy atom. The Morgan fingerprint density at radius 2 is 1.94 bits per heavy atom. The number of rotatable bonds is 4. The molecule has 9 heteroatoms. The van der Waals surface area contributed by atoms with Crippen LogP contribution >= 0.6 is 0 Å². The number of H-pyrrole nitrogens is 1. The first-order valence-corrected chi connectivity index (χ1v) is 9.29. The summed E-state index contributed by atoms with van der Waals surface area (Å²) in [4.78, 5) is 31.6. The zero-order valence-corrected chi connectivity index (χ0v) is 16.6. The Labute approximate surface area is 175 Å². The lowest BCUT2D eigenvalue weighted by molar-refractivity contribution is 0.102. The number of amides is 1. The van der Waals surface area contributed by atoms with Crippen molar-refractivity contribution in [1.82, 2.24) is 19.7 Å². The standard InChI is InChI=1S/C22H17F2N5O2/c1-12-8-19(30)27-21(25-12)13-4-3-5-15(9-13)26-22(31)17-11-29(2)28-20(17)16-7-6-14(23)10-18(16)24/h3-11H,1-2H3,(H,26,31)(H,25,27,30). The van der Waals surface area contributed by atoms with Crippen LogP contribution in [-0.2, 0) is 7.05 Å². The molecule has 2 N–H and O–H groups in total. The number of halogens is 2. The van der Waals surface area contributed by atoms with Crippen molar-refractivity contribution in [1.29, 1.82) is 0 Å². The first kappa shape index (κ1) is 20.1. The van der Waals surface area contributed by atoms with Crippen molar-refractivity contribution in [3.05, 3.63) is 88.0 Å². The highest BCUT2D eigenvalue weighted by atomic mass is 19.1. The van der Waals surface area contributed by atoms with Gasteiger partial charge >= 0.3 is 0 Å². The molecule has 0 radical (unpaired) electrons. The van der Waals surface area contributed by atoms with Crippen LogP contribution in [-0.4, -0.2) is 25.7 Å². The largest absolute Gasteiger partial charge is 0.322 e. The lowest BCUT2D eigenvalue weighted by Crippen LogP contribution is -2.13. The second-order valence-corrected chi connectivity index (χ2v) is 6.96. The minimum atomic E-state index is -0.816. The molecule has 0 aliphatic heterocycles. The number of nitrogens with zero attached hydrogens (tertiary/aromatic N) is 3.